The van der Waals surface area contributed by atoms with Gasteiger partial charge in [0.2, 0.25) is 0 Å². The largest absolute Gasteiger partial charge is 0.481 e. The highest BCUT2D eigenvalue weighted by Gasteiger charge is 2.21. The van der Waals surface area contributed by atoms with E-state index in [0.717, 1.165) is 19.3 Å². The minimum atomic E-state index is -0.874. The van der Waals surface area contributed by atoms with Gasteiger partial charge in [-0.25, -0.2) is 0 Å². The fourth-order valence-corrected chi connectivity index (χ4v) is 5.00. The summed E-state index contributed by atoms with van der Waals surface area (Å²) in [7, 11) is 0. The van der Waals surface area contributed by atoms with Crippen LogP contribution in [-0.4, -0.2) is 23.7 Å². The van der Waals surface area contributed by atoms with Crippen molar-refractivity contribution >= 4 is 11.9 Å². The van der Waals surface area contributed by atoms with Gasteiger partial charge in [0.25, 0.3) is 0 Å². The molecule has 0 amide bonds. The van der Waals surface area contributed by atoms with Crippen molar-refractivity contribution < 1.29 is 19.4 Å². The predicted molar refractivity (Wildman–Crippen MR) is 163 cm³/mol. The maximum absolute atomic E-state index is 11.7. The number of ether oxygens (including phenoxy) is 1. The summed E-state index contributed by atoms with van der Waals surface area (Å²) in [6, 6.07) is 0. The summed E-state index contributed by atoms with van der Waals surface area (Å²) < 4.78 is 5.03. The zero-order valence-electron chi connectivity index (χ0n) is 25.5. The van der Waals surface area contributed by atoms with Gasteiger partial charge in [-0.1, -0.05) is 154 Å². The second-order valence-electron chi connectivity index (χ2n) is 11.4. The van der Waals surface area contributed by atoms with Crippen LogP contribution in [0, 0.1) is 5.92 Å². The Morgan fingerprint density at radius 3 is 1.37 bits per heavy atom. The van der Waals surface area contributed by atoms with E-state index in [1.165, 1.54) is 135 Å². The number of carbonyl (C=O) groups is 2. The van der Waals surface area contributed by atoms with E-state index >= 15 is 0 Å². The fraction of sp³-hybridized carbons (Fsp3) is 0.882. The van der Waals surface area contributed by atoms with Crippen molar-refractivity contribution in [3.63, 3.8) is 0 Å². The molecule has 0 spiro atoms. The summed E-state index contributed by atoms with van der Waals surface area (Å²) in [4.78, 5) is 23.0. The van der Waals surface area contributed by atoms with E-state index in [1.807, 2.05) is 6.92 Å². The summed E-state index contributed by atoms with van der Waals surface area (Å²) in [5.74, 6) is -1.85. The molecule has 0 aromatic heterocycles. The van der Waals surface area contributed by atoms with E-state index in [4.69, 9.17) is 4.74 Å². The number of carboxylic acid groups (broad SMARTS) is 1. The molecule has 0 fully saturated rings. The highest BCUT2D eigenvalue weighted by atomic mass is 16.5. The van der Waals surface area contributed by atoms with Crippen molar-refractivity contribution in [1.29, 1.82) is 0 Å². The van der Waals surface area contributed by atoms with Crippen molar-refractivity contribution in [3.05, 3.63) is 12.2 Å². The molecule has 0 aromatic carbocycles. The van der Waals surface area contributed by atoms with Crippen LogP contribution in [0.3, 0.4) is 0 Å². The van der Waals surface area contributed by atoms with E-state index in [-0.39, 0.29) is 12.4 Å². The van der Waals surface area contributed by atoms with Gasteiger partial charge >= 0.3 is 11.9 Å². The van der Waals surface area contributed by atoms with Gasteiger partial charge in [0, 0.05) is 0 Å². The number of unbranched alkanes of at least 4 members (excludes halogenated alkanes) is 21. The Bertz CT molecular complexity index is 543. The highest BCUT2D eigenvalue weighted by molar-refractivity contribution is 5.78. The van der Waals surface area contributed by atoms with Crippen molar-refractivity contribution in [2.24, 2.45) is 5.92 Å². The SMILES string of the molecule is CCCC/C=C/CCCCCCCCCCCCCCCCCCCCCC(CC(=O)OCCC)C(=O)O. The van der Waals surface area contributed by atoms with Crippen LogP contribution >= 0.6 is 0 Å². The molecular formula is C34H64O4. The number of esters is 1. The topological polar surface area (TPSA) is 63.6 Å². The minimum Gasteiger partial charge on any atom is -0.481 e. The van der Waals surface area contributed by atoms with Gasteiger partial charge in [-0.2, -0.15) is 0 Å². The van der Waals surface area contributed by atoms with Gasteiger partial charge in [0.1, 0.15) is 0 Å². The number of carboxylic acids is 1. The van der Waals surface area contributed by atoms with Gasteiger partial charge in [-0.15, -0.1) is 0 Å². The molecule has 0 rings (SSSR count). The number of rotatable bonds is 30. The molecule has 1 N–H and O–H groups in total. The summed E-state index contributed by atoms with van der Waals surface area (Å²) in [6.07, 6.45) is 36.6. The van der Waals surface area contributed by atoms with Crippen molar-refractivity contribution in [2.75, 3.05) is 6.61 Å². The Labute approximate surface area is 236 Å². The Kier molecular flexibility index (Phi) is 29.2. The molecule has 0 aliphatic heterocycles. The Morgan fingerprint density at radius 1 is 0.579 bits per heavy atom. The highest BCUT2D eigenvalue weighted by Crippen LogP contribution is 2.18. The molecule has 0 aliphatic carbocycles. The molecule has 0 heterocycles. The lowest BCUT2D eigenvalue weighted by atomic mass is 9.97. The zero-order chi connectivity index (χ0) is 27.9. The molecule has 0 bridgehead atoms. The minimum absolute atomic E-state index is 0.00700. The molecule has 1 unspecified atom stereocenters. The molecule has 0 saturated heterocycles. The van der Waals surface area contributed by atoms with E-state index in [2.05, 4.69) is 19.1 Å². The molecule has 38 heavy (non-hydrogen) atoms. The van der Waals surface area contributed by atoms with Gasteiger partial charge in [-0.3, -0.25) is 9.59 Å². The first-order chi connectivity index (χ1) is 18.6. The molecular weight excluding hydrogens is 472 g/mol. The lowest BCUT2D eigenvalue weighted by Crippen LogP contribution is -2.19. The van der Waals surface area contributed by atoms with E-state index in [1.54, 1.807) is 0 Å². The van der Waals surface area contributed by atoms with Crippen molar-refractivity contribution in [2.45, 2.75) is 181 Å². The van der Waals surface area contributed by atoms with Crippen LogP contribution < -0.4 is 0 Å². The first kappa shape index (κ1) is 36.7. The quantitative estimate of drug-likeness (QED) is 0.0563. The molecule has 0 radical (unpaired) electrons. The van der Waals surface area contributed by atoms with Crippen LogP contribution in [0.25, 0.3) is 0 Å². The fourth-order valence-electron chi connectivity index (χ4n) is 5.00. The molecule has 1 atom stereocenters. The maximum Gasteiger partial charge on any atom is 0.307 e. The van der Waals surface area contributed by atoms with Crippen LogP contribution in [0.5, 0.6) is 0 Å². The van der Waals surface area contributed by atoms with Crippen LogP contribution in [0.1, 0.15) is 181 Å². The summed E-state index contributed by atoms with van der Waals surface area (Å²) >= 11 is 0. The Balaban J connectivity index is 3.30. The Hall–Kier alpha value is -1.32. The first-order valence-corrected chi connectivity index (χ1v) is 16.6. The third-order valence-corrected chi connectivity index (χ3v) is 7.54. The van der Waals surface area contributed by atoms with Crippen molar-refractivity contribution in [3.8, 4) is 0 Å². The van der Waals surface area contributed by atoms with E-state index in [0.29, 0.717) is 13.0 Å². The van der Waals surface area contributed by atoms with E-state index < -0.39 is 11.9 Å². The van der Waals surface area contributed by atoms with Gasteiger partial charge in [-0.05, 0) is 32.1 Å². The average Bonchev–Trinajstić information content (AvgIpc) is 2.91. The van der Waals surface area contributed by atoms with E-state index in [9.17, 15) is 14.7 Å². The number of hydrogen-bond donors (Lipinski definition) is 1. The van der Waals surface area contributed by atoms with Crippen LogP contribution in [0.2, 0.25) is 0 Å². The third kappa shape index (κ3) is 27.7. The number of allylic oxidation sites excluding steroid dienone is 2. The smallest absolute Gasteiger partial charge is 0.307 e. The van der Waals surface area contributed by atoms with Gasteiger partial charge in [0.15, 0.2) is 0 Å². The molecule has 0 aromatic rings. The second kappa shape index (κ2) is 30.2. The normalized spacial score (nSPS) is 12.3. The summed E-state index contributed by atoms with van der Waals surface area (Å²) in [5.41, 5.74) is 0. The first-order valence-electron chi connectivity index (χ1n) is 16.6. The molecule has 224 valence electrons. The number of hydrogen-bond acceptors (Lipinski definition) is 3. The molecule has 4 heteroatoms. The average molecular weight is 537 g/mol. The molecule has 4 nitrogen and oxygen atoms in total. The van der Waals surface area contributed by atoms with Crippen LogP contribution in [0.4, 0.5) is 0 Å². The Morgan fingerprint density at radius 2 is 0.974 bits per heavy atom. The second-order valence-corrected chi connectivity index (χ2v) is 11.4. The summed E-state index contributed by atoms with van der Waals surface area (Å²) in [6.45, 7) is 4.57. The third-order valence-electron chi connectivity index (χ3n) is 7.54. The lowest BCUT2D eigenvalue weighted by Gasteiger charge is -2.11. The summed E-state index contributed by atoms with van der Waals surface area (Å²) in [5, 5.41) is 9.33. The lowest BCUT2D eigenvalue weighted by molar-refractivity contribution is -0.151. The zero-order valence-corrected chi connectivity index (χ0v) is 25.5. The maximum atomic E-state index is 11.7. The predicted octanol–water partition coefficient (Wildman–Crippen LogP) is 11.0. The van der Waals surface area contributed by atoms with Gasteiger partial charge in [0.05, 0.1) is 18.9 Å². The molecule has 0 saturated carbocycles. The number of aliphatic carboxylic acids is 1. The standard InChI is InChI=1S/C34H64O4/c1-3-5-6-7-8-9-10-11-12-13-14-15-16-17-18-19-20-21-22-23-24-25-26-27-28-29-32(34(36)37)31-33(35)38-30-4-2/h7-8,32H,3-6,9-31H2,1-2H3,(H,36,37)/b8-7+. The van der Waals surface area contributed by atoms with Crippen LogP contribution in [0.15, 0.2) is 12.2 Å². The number of carbonyl (C=O) groups excluding carboxylic acids is 1. The molecule has 0 aliphatic rings. The monoisotopic (exact) mass is 536 g/mol. The van der Waals surface area contributed by atoms with Gasteiger partial charge < -0.3 is 9.84 Å². The van der Waals surface area contributed by atoms with Crippen molar-refractivity contribution in [1.82, 2.24) is 0 Å². The van der Waals surface area contributed by atoms with Crippen LogP contribution in [-0.2, 0) is 14.3 Å².